The number of anilines is 3. The van der Waals surface area contributed by atoms with Crippen molar-refractivity contribution in [2.45, 2.75) is 78.1 Å². The highest BCUT2D eigenvalue weighted by atomic mass is 32.1. The van der Waals surface area contributed by atoms with Gasteiger partial charge in [0.15, 0.2) is 10.0 Å². The lowest BCUT2D eigenvalue weighted by Gasteiger charge is -2.26. The normalized spacial score (nSPS) is 11.4. The van der Waals surface area contributed by atoms with Gasteiger partial charge in [0.1, 0.15) is 23.1 Å². The monoisotopic (exact) mass is 816 g/mol. The van der Waals surface area contributed by atoms with Crippen LogP contribution in [0, 0.1) is 11.3 Å². The Labute approximate surface area is 347 Å². The average Bonchev–Trinajstić information content (AvgIpc) is 4.00. The first-order valence-electron chi connectivity index (χ1n) is 19.5. The largest absolute Gasteiger partial charge is 0.497 e. The predicted octanol–water partition coefficient (Wildman–Crippen LogP) is 13.4. The number of thiazole rings is 2. The molecule has 0 bridgehead atoms. The Hall–Kier alpha value is -5.28. The van der Waals surface area contributed by atoms with Crippen LogP contribution in [0.25, 0.3) is 36.3 Å². The third-order valence-electron chi connectivity index (χ3n) is 9.65. The van der Waals surface area contributed by atoms with E-state index in [-0.39, 0.29) is 5.57 Å². The summed E-state index contributed by atoms with van der Waals surface area (Å²) in [6, 6.07) is 30.6. The lowest BCUT2D eigenvalue weighted by Crippen LogP contribution is -2.09. The maximum Gasteiger partial charge on any atom is 0.346 e. The SMILES string of the molecule is CCCCCCc1nc(-c2nc(CCCCCC)c(-c3ccc(/C=C(\C#N)C(=O)O)s3)s2)sc1-c1ccc(N(c2ccc(OC)cc2)c2ccc(OC)cc2)cc1. The summed E-state index contributed by atoms with van der Waals surface area (Å²) in [7, 11) is 3.35. The van der Waals surface area contributed by atoms with Gasteiger partial charge in [-0.2, -0.15) is 5.26 Å². The molecule has 0 saturated heterocycles. The van der Waals surface area contributed by atoms with Gasteiger partial charge in [-0.3, -0.25) is 0 Å². The minimum atomic E-state index is -1.23. The lowest BCUT2D eigenvalue weighted by molar-refractivity contribution is -0.132. The summed E-state index contributed by atoms with van der Waals surface area (Å²) in [4.78, 5) is 28.3. The van der Waals surface area contributed by atoms with Crippen LogP contribution in [0.1, 0.15) is 81.5 Å². The van der Waals surface area contributed by atoms with Crippen LogP contribution >= 0.6 is 34.0 Å². The number of aromatic nitrogens is 2. The highest BCUT2D eigenvalue weighted by Crippen LogP contribution is 2.44. The third-order valence-corrected chi connectivity index (χ3v) is 13.2. The number of nitriles is 1. The molecule has 57 heavy (non-hydrogen) atoms. The number of hydrogen-bond acceptors (Lipinski definition) is 10. The lowest BCUT2D eigenvalue weighted by atomic mass is 10.1. The van der Waals surface area contributed by atoms with Gasteiger partial charge in [0.05, 0.1) is 35.4 Å². The Morgan fingerprint density at radius 1 is 0.684 bits per heavy atom. The van der Waals surface area contributed by atoms with Crippen molar-refractivity contribution in [2.24, 2.45) is 0 Å². The van der Waals surface area contributed by atoms with Crippen LogP contribution in [0.2, 0.25) is 0 Å². The van der Waals surface area contributed by atoms with Gasteiger partial charge in [0, 0.05) is 26.8 Å². The molecule has 0 saturated carbocycles. The van der Waals surface area contributed by atoms with E-state index in [0.717, 1.165) is 120 Å². The van der Waals surface area contributed by atoms with Gasteiger partial charge in [-0.1, -0.05) is 64.5 Å². The standard InChI is InChI=1S/C46H48N4O4S3/c1-5-7-9-11-13-39-42(31-15-17-33(18-16-31)50(34-19-23-36(53-3)24-20-34)35-21-25-37(54-4)26-22-35)56-44(48-39)45-49-40(14-12-10-8-6-2)43(57-45)41-28-27-38(55-41)29-32(30-47)46(51)52/h15-29H,5-14H2,1-4H3,(H,51,52)/b32-29+. The van der Waals surface area contributed by atoms with Crippen molar-refractivity contribution < 1.29 is 19.4 Å². The number of carboxylic acid groups (broad SMARTS) is 1. The van der Waals surface area contributed by atoms with Crippen LogP contribution in [0.3, 0.4) is 0 Å². The molecular weight excluding hydrogens is 769 g/mol. The highest BCUT2D eigenvalue weighted by Gasteiger charge is 2.22. The van der Waals surface area contributed by atoms with E-state index in [9.17, 15) is 15.2 Å². The summed E-state index contributed by atoms with van der Waals surface area (Å²) in [6.07, 6.45) is 12.3. The Kier molecular flexibility index (Phi) is 14.7. The van der Waals surface area contributed by atoms with Gasteiger partial charge in [0.2, 0.25) is 0 Å². The van der Waals surface area contributed by atoms with E-state index in [1.165, 1.54) is 36.7 Å². The molecule has 0 atom stereocenters. The van der Waals surface area contributed by atoms with E-state index in [4.69, 9.17) is 19.4 Å². The molecule has 8 nitrogen and oxygen atoms in total. The molecule has 3 aromatic heterocycles. The van der Waals surface area contributed by atoms with E-state index >= 15 is 0 Å². The zero-order valence-electron chi connectivity index (χ0n) is 32.9. The van der Waals surface area contributed by atoms with E-state index in [1.54, 1.807) is 43.0 Å². The van der Waals surface area contributed by atoms with Gasteiger partial charge < -0.3 is 19.5 Å². The van der Waals surface area contributed by atoms with Gasteiger partial charge in [-0.25, -0.2) is 14.8 Å². The molecular formula is C46H48N4O4S3. The second kappa shape index (κ2) is 20.2. The van der Waals surface area contributed by atoms with Crippen molar-refractivity contribution in [3.63, 3.8) is 0 Å². The van der Waals surface area contributed by atoms with Crippen LogP contribution in [0.4, 0.5) is 17.1 Å². The number of rotatable bonds is 20. The van der Waals surface area contributed by atoms with Crippen molar-refractivity contribution in [3.8, 4) is 47.8 Å². The number of benzene rings is 3. The topological polar surface area (TPSA) is 109 Å². The zero-order chi connectivity index (χ0) is 40.1. The van der Waals surface area contributed by atoms with Crippen molar-refractivity contribution in [2.75, 3.05) is 19.1 Å². The summed E-state index contributed by atoms with van der Waals surface area (Å²) in [5, 5.41) is 20.6. The van der Waals surface area contributed by atoms with Crippen LogP contribution in [-0.2, 0) is 17.6 Å². The first-order valence-corrected chi connectivity index (χ1v) is 21.9. The fraction of sp³-hybridized carbons (Fsp3) is 0.304. The van der Waals surface area contributed by atoms with Crippen molar-refractivity contribution in [1.82, 2.24) is 9.97 Å². The molecule has 3 heterocycles. The number of carboxylic acids is 1. The summed E-state index contributed by atoms with van der Waals surface area (Å²) in [5.41, 5.74) is 6.03. The van der Waals surface area contributed by atoms with E-state index < -0.39 is 5.97 Å². The summed E-state index contributed by atoms with van der Waals surface area (Å²) in [5.74, 6) is 0.375. The van der Waals surface area contributed by atoms with E-state index in [0.29, 0.717) is 0 Å². The average molecular weight is 817 g/mol. The van der Waals surface area contributed by atoms with Gasteiger partial charge >= 0.3 is 5.97 Å². The molecule has 0 spiro atoms. The number of hydrogen-bond donors (Lipinski definition) is 1. The number of thiophene rings is 1. The predicted molar refractivity (Wildman–Crippen MR) is 237 cm³/mol. The van der Waals surface area contributed by atoms with Crippen molar-refractivity contribution in [3.05, 3.63) is 107 Å². The summed E-state index contributed by atoms with van der Waals surface area (Å²) >= 11 is 4.84. The fourth-order valence-corrected chi connectivity index (χ4v) is 9.92. The number of aryl methyl sites for hydroxylation is 2. The maximum absolute atomic E-state index is 11.5. The van der Waals surface area contributed by atoms with E-state index in [1.807, 2.05) is 36.4 Å². The van der Waals surface area contributed by atoms with Crippen LogP contribution in [0.5, 0.6) is 11.5 Å². The van der Waals surface area contributed by atoms with Gasteiger partial charge in [-0.15, -0.1) is 34.0 Å². The smallest absolute Gasteiger partial charge is 0.346 e. The molecule has 3 aromatic carbocycles. The zero-order valence-corrected chi connectivity index (χ0v) is 35.4. The molecule has 0 unspecified atom stereocenters. The first kappa shape index (κ1) is 41.4. The van der Waals surface area contributed by atoms with E-state index in [2.05, 4.69) is 67.3 Å². The second-order valence-electron chi connectivity index (χ2n) is 13.7. The Morgan fingerprint density at radius 2 is 1.18 bits per heavy atom. The number of aliphatic carboxylic acids is 1. The molecule has 0 amide bonds. The molecule has 0 aliphatic heterocycles. The van der Waals surface area contributed by atoms with Crippen molar-refractivity contribution >= 4 is 63.1 Å². The number of nitrogens with zero attached hydrogens (tertiary/aromatic N) is 4. The Balaban J connectivity index is 1.37. The second-order valence-corrected chi connectivity index (χ2v) is 16.8. The Morgan fingerprint density at radius 3 is 1.65 bits per heavy atom. The molecule has 0 aliphatic rings. The number of carbonyl (C=O) groups is 1. The fourth-order valence-electron chi connectivity index (χ4n) is 6.59. The number of unbranched alkanes of at least 4 members (excludes halogenated alkanes) is 6. The molecule has 294 valence electrons. The summed E-state index contributed by atoms with van der Waals surface area (Å²) < 4.78 is 10.9. The number of methoxy groups -OCH3 is 2. The number of ether oxygens (including phenoxy) is 2. The molecule has 6 aromatic rings. The molecule has 0 radical (unpaired) electrons. The minimum absolute atomic E-state index is 0.280. The van der Waals surface area contributed by atoms with Crippen molar-refractivity contribution in [1.29, 1.82) is 5.26 Å². The third kappa shape index (κ3) is 10.4. The molecule has 0 fully saturated rings. The molecule has 1 N–H and O–H groups in total. The van der Waals surface area contributed by atoms with Crippen LogP contribution < -0.4 is 14.4 Å². The van der Waals surface area contributed by atoms with Crippen LogP contribution in [0.15, 0.2) is 90.5 Å². The summed E-state index contributed by atoms with van der Waals surface area (Å²) in [6.45, 7) is 4.45. The molecule has 6 rings (SSSR count). The molecule has 11 heteroatoms. The first-order chi connectivity index (χ1) is 27.8. The highest BCUT2D eigenvalue weighted by molar-refractivity contribution is 7.27. The minimum Gasteiger partial charge on any atom is -0.497 e. The Bertz CT molecular complexity index is 2250. The van der Waals surface area contributed by atoms with Gasteiger partial charge in [0.25, 0.3) is 0 Å². The maximum atomic E-state index is 11.5. The van der Waals surface area contributed by atoms with Crippen LogP contribution in [-0.4, -0.2) is 35.3 Å². The quantitative estimate of drug-likeness (QED) is 0.0461. The van der Waals surface area contributed by atoms with Gasteiger partial charge in [-0.05, 0) is 110 Å². The molecule has 0 aliphatic carbocycles.